The van der Waals surface area contributed by atoms with E-state index < -0.39 is 0 Å². The first-order valence-corrected chi connectivity index (χ1v) is 9.84. The topological polar surface area (TPSA) is 20.3 Å². The first kappa shape index (κ1) is 17.4. The smallest absolute Gasteiger partial charge is 0.222 e. The Labute approximate surface area is 153 Å². The molecule has 3 rings (SSSR count). The van der Waals surface area contributed by atoms with E-state index in [1.807, 2.05) is 40.9 Å². The molecule has 1 saturated heterocycles. The molecule has 0 N–H and O–H groups in total. The van der Waals surface area contributed by atoms with E-state index in [1.54, 1.807) is 0 Å². The number of halogens is 1. The lowest BCUT2D eigenvalue weighted by molar-refractivity contribution is -0.130. The first-order chi connectivity index (χ1) is 11.7. The molecule has 126 valence electrons. The predicted octanol–water partition coefficient (Wildman–Crippen LogP) is 4.98. The van der Waals surface area contributed by atoms with Crippen LogP contribution in [0.4, 0.5) is 0 Å². The third-order valence-corrected chi connectivity index (χ3v) is 5.95. The van der Waals surface area contributed by atoms with Crippen LogP contribution in [0.3, 0.4) is 0 Å². The average molecular weight is 360 g/mol. The van der Waals surface area contributed by atoms with Gasteiger partial charge in [0.1, 0.15) is 0 Å². The molecule has 2 aromatic carbocycles. The van der Waals surface area contributed by atoms with Crippen LogP contribution in [0.1, 0.15) is 29.2 Å². The number of amides is 1. The number of benzene rings is 2. The Balaban J connectivity index is 1.53. The van der Waals surface area contributed by atoms with Crippen LogP contribution in [0, 0.1) is 0 Å². The molecule has 1 heterocycles. The summed E-state index contributed by atoms with van der Waals surface area (Å²) in [5.41, 5.74) is 2.50. The van der Waals surface area contributed by atoms with Gasteiger partial charge >= 0.3 is 0 Å². The van der Waals surface area contributed by atoms with Crippen LogP contribution in [-0.4, -0.2) is 29.6 Å². The van der Waals surface area contributed by atoms with Crippen LogP contribution in [0.15, 0.2) is 54.6 Å². The maximum absolute atomic E-state index is 12.5. The maximum Gasteiger partial charge on any atom is 0.222 e. The van der Waals surface area contributed by atoms with Gasteiger partial charge < -0.3 is 4.90 Å². The lowest BCUT2D eigenvalue weighted by Crippen LogP contribution is -2.33. The third-order valence-electron chi connectivity index (χ3n) is 4.38. The van der Waals surface area contributed by atoms with Gasteiger partial charge in [0.05, 0.1) is 0 Å². The molecular weight excluding hydrogens is 338 g/mol. The van der Waals surface area contributed by atoms with Crippen LogP contribution in [0.2, 0.25) is 5.02 Å². The van der Waals surface area contributed by atoms with Gasteiger partial charge in [-0.15, -0.1) is 0 Å². The zero-order chi connectivity index (χ0) is 16.8. The molecule has 1 aliphatic heterocycles. The summed E-state index contributed by atoms with van der Waals surface area (Å²) in [5, 5.41) is 1.23. The summed E-state index contributed by atoms with van der Waals surface area (Å²) >= 11 is 7.97. The number of rotatable bonds is 4. The highest BCUT2D eigenvalue weighted by molar-refractivity contribution is 7.99. The van der Waals surface area contributed by atoms with Crippen molar-refractivity contribution in [3.63, 3.8) is 0 Å². The molecule has 1 amide bonds. The number of aryl methyl sites for hydroxylation is 1. The Bertz CT molecular complexity index is 676. The molecule has 0 bridgehead atoms. The van der Waals surface area contributed by atoms with Gasteiger partial charge in [-0.2, -0.15) is 11.8 Å². The van der Waals surface area contributed by atoms with Gasteiger partial charge in [0.25, 0.3) is 0 Å². The van der Waals surface area contributed by atoms with Crippen molar-refractivity contribution >= 4 is 29.3 Å². The minimum atomic E-state index is 0.254. The van der Waals surface area contributed by atoms with Crippen molar-refractivity contribution < 1.29 is 4.79 Å². The highest BCUT2D eigenvalue weighted by Gasteiger charge is 2.21. The maximum atomic E-state index is 12.5. The molecule has 0 aromatic heterocycles. The van der Waals surface area contributed by atoms with Crippen LogP contribution >= 0.6 is 23.4 Å². The lowest BCUT2D eigenvalue weighted by Gasteiger charge is -2.20. The molecule has 2 aromatic rings. The van der Waals surface area contributed by atoms with Gasteiger partial charge in [-0.3, -0.25) is 4.79 Å². The molecule has 4 heteroatoms. The van der Waals surface area contributed by atoms with Crippen LogP contribution in [-0.2, 0) is 11.2 Å². The SMILES string of the molecule is O=C(CCc1cccc(Cl)c1)N1CCS[C@H](c2ccccc2)CC1. The Kier molecular flexibility index (Phi) is 6.22. The summed E-state index contributed by atoms with van der Waals surface area (Å²) in [6.45, 7) is 1.70. The molecule has 0 spiro atoms. The monoisotopic (exact) mass is 359 g/mol. The summed E-state index contributed by atoms with van der Waals surface area (Å²) in [4.78, 5) is 14.6. The van der Waals surface area contributed by atoms with Crippen molar-refractivity contribution in [2.45, 2.75) is 24.5 Å². The molecule has 1 atom stereocenters. The van der Waals surface area contributed by atoms with E-state index in [0.29, 0.717) is 11.7 Å². The number of hydrogen-bond donors (Lipinski definition) is 0. The highest BCUT2D eigenvalue weighted by Crippen LogP contribution is 2.34. The zero-order valence-electron chi connectivity index (χ0n) is 13.7. The number of thioether (sulfide) groups is 1. The molecule has 1 fully saturated rings. The Morgan fingerprint density at radius 2 is 1.96 bits per heavy atom. The number of hydrogen-bond acceptors (Lipinski definition) is 2. The van der Waals surface area contributed by atoms with Gasteiger partial charge in [-0.25, -0.2) is 0 Å². The summed E-state index contributed by atoms with van der Waals surface area (Å²) in [6.07, 6.45) is 2.34. The van der Waals surface area contributed by atoms with E-state index in [2.05, 4.69) is 30.3 Å². The van der Waals surface area contributed by atoms with Crippen molar-refractivity contribution in [2.75, 3.05) is 18.8 Å². The third kappa shape index (κ3) is 4.78. The fourth-order valence-electron chi connectivity index (χ4n) is 3.06. The van der Waals surface area contributed by atoms with Gasteiger partial charge in [0, 0.05) is 35.5 Å². The normalized spacial score (nSPS) is 18.2. The van der Waals surface area contributed by atoms with E-state index in [-0.39, 0.29) is 5.91 Å². The molecule has 0 unspecified atom stereocenters. The number of carbonyl (C=O) groups is 1. The summed E-state index contributed by atoms with van der Waals surface area (Å²) in [5.74, 6) is 1.26. The van der Waals surface area contributed by atoms with Crippen LogP contribution in [0.25, 0.3) is 0 Å². The predicted molar refractivity (Wildman–Crippen MR) is 103 cm³/mol. The summed E-state index contributed by atoms with van der Waals surface area (Å²) in [7, 11) is 0. The molecule has 24 heavy (non-hydrogen) atoms. The van der Waals surface area contributed by atoms with E-state index in [0.717, 1.165) is 42.3 Å². The van der Waals surface area contributed by atoms with Gasteiger partial charge in [-0.05, 0) is 36.1 Å². The van der Waals surface area contributed by atoms with E-state index >= 15 is 0 Å². The summed E-state index contributed by atoms with van der Waals surface area (Å²) in [6, 6.07) is 18.4. The second kappa shape index (κ2) is 8.59. The Hall–Kier alpha value is -1.45. The average Bonchev–Trinajstić information content (AvgIpc) is 2.87. The van der Waals surface area contributed by atoms with Gasteiger partial charge in [0.2, 0.25) is 5.91 Å². The van der Waals surface area contributed by atoms with Crippen molar-refractivity contribution in [3.8, 4) is 0 Å². The zero-order valence-corrected chi connectivity index (χ0v) is 15.2. The fourth-order valence-corrected chi connectivity index (χ4v) is 4.50. The standard InChI is InChI=1S/C20H22ClNOS/c21-18-8-4-5-16(15-18)9-10-20(23)22-12-11-19(24-14-13-22)17-6-2-1-3-7-17/h1-8,15,19H,9-14H2/t19-/m0/s1. The molecule has 2 nitrogen and oxygen atoms in total. The molecule has 1 aliphatic rings. The summed E-state index contributed by atoms with van der Waals surface area (Å²) < 4.78 is 0. The molecule has 0 aliphatic carbocycles. The largest absolute Gasteiger partial charge is 0.342 e. The molecule has 0 saturated carbocycles. The highest BCUT2D eigenvalue weighted by atomic mass is 35.5. The number of nitrogens with zero attached hydrogens (tertiary/aromatic N) is 1. The van der Waals surface area contributed by atoms with Gasteiger partial charge in [0.15, 0.2) is 0 Å². The van der Waals surface area contributed by atoms with E-state index in [9.17, 15) is 4.79 Å². The quantitative estimate of drug-likeness (QED) is 0.767. The Morgan fingerprint density at radius 3 is 2.75 bits per heavy atom. The second-order valence-corrected chi connectivity index (χ2v) is 7.82. The minimum absolute atomic E-state index is 0.254. The second-order valence-electron chi connectivity index (χ2n) is 6.07. The van der Waals surface area contributed by atoms with Crippen molar-refractivity contribution in [3.05, 3.63) is 70.7 Å². The van der Waals surface area contributed by atoms with Gasteiger partial charge in [-0.1, -0.05) is 54.1 Å². The van der Waals surface area contributed by atoms with Crippen molar-refractivity contribution in [1.82, 2.24) is 4.90 Å². The van der Waals surface area contributed by atoms with E-state index in [1.165, 1.54) is 5.56 Å². The Morgan fingerprint density at radius 1 is 1.12 bits per heavy atom. The van der Waals surface area contributed by atoms with Crippen molar-refractivity contribution in [2.24, 2.45) is 0 Å². The van der Waals surface area contributed by atoms with Crippen molar-refractivity contribution in [1.29, 1.82) is 0 Å². The minimum Gasteiger partial charge on any atom is -0.342 e. The fraction of sp³-hybridized carbons (Fsp3) is 0.350. The van der Waals surface area contributed by atoms with Crippen LogP contribution < -0.4 is 0 Å². The van der Waals surface area contributed by atoms with Crippen LogP contribution in [0.5, 0.6) is 0 Å². The first-order valence-electron chi connectivity index (χ1n) is 8.41. The van der Waals surface area contributed by atoms with E-state index in [4.69, 9.17) is 11.6 Å². The number of carbonyl (C=O) groups excluding carboxylic acids is 1. The lowest BCUT2D eigenvalue weighted by atomic mass is 10.1. The molecule has 0 radical (unpaired) electrons. The molecular formula is C20H22ClNOS.